The van der Waals surface area contributed by atoms with Crippen LogP contribution in [0, 0.1) is 11.8 Å². The molecule has 1 amide bonds. The molecule has 2 aliphatic rings. The monoisotopic (exact) mass is 241 g/mol. The van der Waals surface area contributed by atoms with Crippen molar-refractivity contribution >= 4 is 11.9 Å². The van der Waals surface area contributed by atoms with Crippen LogP contribution < -0.4 is 0 Å². The topological polar surface area (TPSA) is 77.8 Å². The van der Waals surface area contributed by atoms with E-state index in [0.29, 0.717) is 32.4 Å². The molecule has 5 nitrogen and oxygen atoms in total. The van der Waals surface area contributed by atoms with E-state index < -0.39 is 12.1 Å². The number of likely N-dealkylation sites (tertiary alicyclic amines) is 1. The van der Waals surface area contributed by atoms with Crippen LogP contribution in [0.5, 0.6) is 0 Å². The average molecular weight is 241 g/mol. The Morgan fingerprint density at radius 3 is 2.41 bits per heavy atom. The summed E-state index contributed by atoms with van der Waals surface area (Å²) in [5, 5.41) is 18.4. The number of hydrogen-bond donors (Lipinski definition) is 2. The van der Waals surface area contributed by atoms with Crippen LogP contribution in [0.4, 0.5) is 0 Å². The van der Waals surface area contributed by atoms with Gasteiger partial charge in [0.25, 0.3) is 0 Å². The minimum Gasteiger partial charge on any atom is -0.481 e. The second-order valence-corrected chi connectivity index (χ2v) is 5.13. The van der Waals surface area contributed by atoms with Crippen LogP contribution in [0.25, 0.3) is 0 Å². The van der Waals surface area contributed by atoms with Crippen LogP contribution in [0.15, 0.2) is 0 Å². The summed E-state index contributed by atoms with van der Waals surface area (Å²) < 4.78 is 0. The molecule has 2 rings (SSSR count). The van der Waals surface area contributed by atoms with E-state index in [1.165, 1.54) is 0 Å². The van der Waals surface area contributed by atoms with Gasteiger partial charge in [0.1, 0.15) is 0 Å². The normalized spacial score (nSPS) is 33.7. The highest BCUT2D eigenvalue weighted by atomic mass is 16.4. The fourth-order valence-electron chi connectivity index (χ4n) is 2.84. The fourth-order valence-corrected chi connectivity index (χ4v) is 2.84. The first-order valence-electron chi connectivity index (χ1n) is 6.27. The molecule has 1 heterocycles. The number of rotatable bonds is 2. The number of piperidine rings is 1. The van der Waals surface area contributed by atoms with Gasteiger partial charge in [0, 0.05) is 19.0 Å². The zero-order valence-corrected chi connectivity index (χ0v) is 9.84. The number of aliphatic carboxylic acids is 1. The summed E-state index contributed by atoms with van der Waals surface area (Å²) in [4.78, 5) is 24.7. The molecule has 0 aromatic carbocycles. The first kappa shape index (κ1) is 12.4. The highest BCUT2D eigenvalue weighted by Gasteiger charge is 2.36. The van der Waals surface area contributed by atoms with Gasteiger partial charge >= 0.3 is 5.97 Å². The molecule has 0 bridgehead atoms. The molecule has 0 spiro atoms. The van der Waals surface area contributed by atoms with E-state index in [2.05, 4.69) is 0 Å². The molecular formula is C12H19NO4. The van der Waals surface area contributed by atoms with Gasteiger partial charge in [-0.3, -0.25) is 9.59 Å². The molecule has 0 aromatic rings. The Morgan fingerprint density at radius 2 is 1.82 bits per heavy atom. The lowest BCUT2D eigenvalue weighted by Crippen LogP contribution is -2.44. The number of amides is 1. The van der Waals surface area contributed by atoms with Crippen LogP contribution in [-0.2, 0) is 9.59 Å². The Bertz CT molecular complexity index is 318. The van der Waals surface area contributed by atoms with E-state index >= 15 is 0 Å². The molecule has 2 fully saturated rings. The smallest absolute Gasteiger partial charge is 0.306 e. The van der Waals surface area contributed by atoms with Crippen molar-refractivity contribution in [2.24, 2.45) is 11.8 Å². The first-order chi connectivity index (χ1) is 8.08. The average Bonchev–Trinajstić information content (AvgIpc) is 2.77. The van der Waals surface area contributed by atoms with Crippen molar-refractivity contribution in [2.45, 2.75) is 38.2 Å². The van der Waals surface area contributed by atoms with Crippen LogP contribution in [0.3, 0.4) is 0 Å². The number of carbonyl (C=O) groups excluding carboxylic acids is 1. The largest absolute Gasteiger partial charge is 0.481 e. The van der Waals surface area contributed by atoms with Crippen molar-refractivity contribution in [2.75, 3.05) is 13.1 Å². The van der Waals surface area contributed by atoms with Crippen molar-refractivity contribution in [1.29, 1.82) is 0 Å². The van der Waals surface area contributed by atoms with Gasteiger partial charge in [0.15, 0.2) is 0 Å². The van der Waals surface area contributed by atoms with Gasteiger partial charge < -0.3 is 15.1 Å². The predicted molar refractivity (Wildman–Crippen MR) is 60.3 cm³/mol. The molecule has 17 heavy (non-hydrogen) atoms. The Hall–Kier alpha value is -1.10. The van der Waals surface area contributed by atoms with Gasteiger partial charge in [-0.15, -0.1) is 0 Å². The molecular weight excluding hydrogens is 222 g/mol. The molecule has 1 aliphatic heterocycles. The number of carboxylic acid groups (broad SMARTS) is 1. The summed E-state index contributed by atoms with van der Waals surface area (Å²) in [6.07, 6.45) is 2.91. The molecule has 3 atom stereocenters. The van der Waals surface area contributed by atoms with Gasteiger partial charge in [0.2, 0.25) is 5.91 Å². The number of carboxylic acids is 1. The van der Waals surface area contributed by atoms with Gasteiger partial charge in [-0.25, -0.2) is 0 Å². The van der Waals surface area contributed by atoms with E-state index in [4.69, 9.17) is 5.11 Å². The Morgan fingerprint density at radius 1 is 1.12 bits per heavy atom. The number of aliphatic hydroxyl groups is 1. The van der Waals surface area contributed by atoms with Crippen molar-refractivity contribution in [1.82, 2.24) is 4.90 Å². The van der Waals surface area contributed by atoms with Crippen LogP contribution in [-0.4, -0.2) is 46.2 Å². The third-order valence-corrected chi connectivity index (χ3v) is 3.84. The summed E-state index contributed by atoms with van der Waals surface area (Å²) in [7, 11) is 0. The second kappa shape index (κ2) is 5.04. The maximum absolute atomic E-state index is 12.1. The lowest BCUT2D eigenvalue weighted by Gasteiger charge is -2.32. The van der Waals surface area contributed by atoms with E-state index in [1.54, 1.807) is 4.90 Å². The molecule has 1 saturated carbocycles. The van der Waals surface area contributed by atoms with Crippen molar-refractivity contribution in [3.63, 3.8) is 0 Å². The summed E-state index contributed by atoms with van der Waals surface area (Å²) in [5.41, 5.74) is 0. The zero-order chi connectivity index (χ0) is 12.4. The molecule has 1 saturated heterocycles. The maximum Gasteiger partial charge on any atom is 0.306 e. The Kier molecular flexibility index (Phi) is 3.66. The number of hydrogen-bond acceptors (Lipinski definition) is 3. The lowest BCUT2D eigenvalue weighted by atomic mass is 10.0. The number of β-amino-alcohol motifs (C(OH)–C–C–N with tert-alkyl or cyclic N) is 1. The minimum absolute atomic E-state index is 0.0347. The SMILES string of the molecule is O=C(O)C1CCC(C(=O)N2CCC[C@H](O)C2)C1. The van der Waals surface area contributed by atoms with Crippen LogP contribution in [0.2, 0.25) is 0 Å². The molecule has 96 valence electrons. The molecule has 2 N–H and O–H groups in total. The third kappa shape index (κ3) is 2.77. The summed E-state index contributed by atoms with van der Waals surface area (Å²) in [5.74, 6) is -1.27. The number of aliphatic hydroxyl groups excluding tert-OH is 1. The summed E-state index contributed by atoms with van der Waals surface area (Å²) >= 11 is 0. The van der Waals surface area contributed by atoms with Gasteiger partial charge in [-0.1, -0.05) is 0 Å². The Labute approximate surface area is 100 Å². The second-order valence-electron chi connectivity index (χ2n) is 5.13. The molecule has 5 heteroatoms. The molecule has 0 aromatic heterocycles. The summed E-state index contributed by atoms with van der Waals surface area (Å²) in [6.45, 7) is 1.11. The highest BCUT2D eigenvalue weighted by Crippen LogP contribution is 2.32. The predicted octanol–water partition coefficient (Wildman–Crippen LogP) is 0.471. The molecule has 1 aliphatic carbocycles. The lowest BCUT2D eigenvalue weighted by molar-refractivity contribution is -0.142. The van der Waals surface area contributed by atoms with E-state index in [0.717, 1.165) is 12.8 Å². The number of carbonyl (C=O) groups is 2. The van der Waals surface area contributed by atoms with Crippen molar-refractivity contribution in [3.05, 3.63) is 0 Å². The summed E-state index contributed by atoms with van der Waals surface area (Å²) in [6, 6.07) is 0. The third-order valence-electron chi connectivity index (χ3n) is 3.84. The van der Waals surface area contributed by atoms with Crippen molar-refractivity contribution < 1.29 is 19.8 Å². The van der Waals surface area contributed by atoms with Gasteiger partial charge in [0.05, 0.1) is 12.0 Å². The first-order valence-corrected chi connectivity index (χ1v) is 6.27. The maximum atomic E-state index is 12.1. The standard InChI is InChI=1S/C12H19NO4/c14-10-2-1-5-13(7-10)11(15)8-3-4-9(6-8)12(16)17/h8-10,14H,1-7H2,(H,16,17)/t8?,9?,10-/m0/s1. The van der Waals surface area contributed by atoms with Crippen LogP contribution in [0.1, 0.15) is 32.1 Å². The number of nitrogens with zero attached hydrogens (tertiary/aromatic N) is 1. The van der Waals surface area contributed by atoms with E-state index in [9.17, 15) is 14.7 Å². The Balaban J connectivity index is 1.90. The fraction of sp³-hybridized carbons (Fsp3) is 0.833. The van der Waals surface area contributed by atoms with Gasteiger partial charge in [-0.05, 0) is 32.1 Å². The van der Waals surface area contributed by atoms with Crippen molar-refractivity contribution in [3.8, 4) is 0 Å². The highest BCUT2D eigenvalue weighted by molar-refractivity contribution is 5.81. The van der Waals surface area contributed by atoms with Gasteiger partial charge in [-0.2, -0.15) is 0 Å². The molecule has 0 radical (unpaired) electrons. The van der Waals surface area contributed by atoms with E-state index in [1.807, 2.05) is 0 Å². The van der Waals surface area contributed by atoms with E-state index in [-0.39, 0.29) is 17.7 Å². The van der Waals surface area contributed by atoms with Crippen LogP contribution >= 0.6 is 0 Å². The quantitative estimate of drug-likeness (QED) is 0.736. The zero-order valence-electron chi connectivity index (χ0n) is 9.84. The minimum atomic E-state index is -0.793. The molecule has 2 unspecified atom stereocenters.